The minimum Gasteiger partial charge on any atom is -0.497 e. The Bertz CT molecular complexity index is 805. The summed E-state index contributed by atoms with van der Waals surface area (Å²) in [5.74, 6) is 0.248. The molecule has 0 aliphatic rings. The topological polar surface area (TPSA) is 76.7 Å². The van der Waals surface area contributed by atoms with E-state index < -0.39 is 11.8 Å². The van der Waals surface area contributed by atoms with Crippen molar-refractivity contribution in [1.29, 1.82) is 0 Å². The molecule has 0 saturated carbocycles. The smallest absolute Gasteiger partial charge is 0.269 e. The first-order valence-electron chi connectivity index (χ1n) is 7.29. The van der Waals surface area contributed by atoms with Crippen molar-refractivity contribution in [2.24, 2.45) is 0 Å². The van der Waals surface area contributed by atoms with Gasteiger partial charge in [0.25, 0.3) is 11.8 Å². The summed E-state index contributed by atoms with van der Waals surface area (Å²) < 4.78 is 10.4. The summed E-state index contributed by atoms with van der Waals surface area (Å²) in [5, 5.41) is 0.436. The quantitative estimate of drug-likeness (QED) is 0.635. The molecule has 0 aliphatic carbocycles. The van der Waals surface area contributed by atoms with E-state index in [0.717, 1.165) is 0 Å². The zero-order valence-electron chi connectivity index (χ0n) is 13.7. The summed E-state index contributed by atoms with van der Waals surface area (Å²) in [5.41, 5.74) is 5.64. The number of rotatable bonds is 5. The summed E-state index contributed by atoms with van der Waals surface area (Å²) >= 11 is 5.82. The largest absolute Gasteiger partial charge is 0.497 e. The van der Waals surface area contributed by atoms with E-state index in [1.807, 2.05) is 0 Å². The number of hydrogen-bond donors (Lipinski definition) is 2. The molecular formula is C18H17ClN2O4. The number of carbonyl (C=O) groups is 2. The summed E-state index contributed by atoms with van der Waals surface area (Å²) in [6.45, 7) is 0. The van der Waals surface area contributed by atoms with E-state index in [4.69, 9.17) is 21.1 Å². The second-order valence-electron chi connectivity index (χ2n) is 4.89. The minimum absolute atomic E-state index is 0.341. The van der Waals surface area contributed by atoms with Crippen molar-refractivity contribution < 1.29 is 19.1 Å². The molecule has 25 heavy (non-hydrogen) atoms. The van der Waals surface area contributed by atoms with Gasteiger partial charge in [0.1, 0.15) is 11.5 Å². The Hall–Kier alpha value is -2.99. The van der Waals surface area contributed by atoms with Crippen molar-refractivity contribution >= 4 is 29.5 Å². The van der Waals surface area contributed by atoms with Gasteiger partial charge in [-0.2, -0.15) is 0 Å². The third kappa shape index (κ3) is 5.26. The van der Waals surface area contributed by atoms with Crippen molar-refractivity contribution in [2.45, 2.75) is 0 Å². The van der Waals surface area contributed by atoms with Gasteiger partial charge in [0, 0.05) is 28.3 Å². The Labute approximate surface area is 150 Å². The lowest BCUT2D eigenvalue weighted by Gasteiger charge is -2.08. The molecule has 0 heterocycles. The van der Waals surface area contributed by atoms with Crippen LogP contribution in [0.15, 0.2) is 48.5 Å². The second kappa shape index (κ2) is 8.75. The average molecular weight is 361 g/mol. The van der Waals surface area contributed by atoms with Crippen LogP contribution in [0.2, 0.25) is 5.02 Å². The van der Waals surface area contributed by atoms with Gasteiger partial charge in [-0.1, -0.05) is 17.7 Å². The molecular weight excluding hydrogens is 344 g/mol. The highest BCUT2D eigenvalue weighted by atomic mass is 35.5. The van der Waals surface area contributed by atoms with Crippen LogP contribution in [0.4, 0.5) is 0 Å². The highest BCUT2D eigenvalue weighted by molar-refractivity contribution is 6.30. The first-order chi connectivity index (χ1) is 12.0. The Morgan fingerprint density at radius 2 is 1.84 bits per heavy atom. The van der Waals surface area contributed by atoms with E-state index >= 15 is 0 Å². The SMILES string of the molecule is COc1ccc(/C=C/C(=O)NNC(=O)c2cccc(Cl)c2)c(OC)c1. The number of benzene rings is 2. The van der Waals surface area contributed by atoms with Gasteiger partial charge in [0.05, 0.1) is 14.2 Å². The standard InChI is InChI=1S/C18H17ClN2O4/c1-24-15-8-6-12(16(11-15)25-2)7-9-17(22)20-21-18(23)13-4-3-5-14(19)10-13/h3-11H,1-2H3,(H,20,22)(H,21,23)/b9-7+. The van der Waals surface area contributed by atoms with E-state index in [-0.39, 0.29) is 0 Å². The van der Waals surface area contributed by atoms with E-state index in [9.17, 15) is 9.59 Å². The van der Waals surface area contributed by atoms with Crippen LogP contribution in [-0.2, 0) is 4.79 Å². The number of ether oxygens (including phenoxy) is 2. The predicted octanol–water partition coefficient (Wildman–Crippen LogP) is 2.83. The Morgan fingerprint density at radius 3 is 2.52 bits per heavy atom. The number of hydrazine groups is 1. The van der Waals surface area contributed by atoms with E-state index in [1.165, 1.54) is 19.3 Å². The van der Waals surface area contributed by atoms with Crippen LogP contribution < -0.4 is 20.3 Å². The summed E-state index contributed by atoms with van der Waals surface area (Å²) in [4.78, 5) is 23.7. The molecule has 0 fully saturated rings. The molecule has 7 heteroatoms. The number of methoxy groups -OCH3 is 2. The fraction of sp³-hybridized carbons (Fsp3) is 0.111. The fourth-order valence-corrected chi connectivity index (χ4v) is 2.17. The fourth-order valence-electron chi connectivity index (χ4n) is 1.98. The molecule has 2 N–H and O–H groups in total. The molecule has 0 aromatic heterocycles. The van der Waals surface area contributed by atoms with Crippen LogP contribution in [0.3, 0.4) is 0 Å². The number of nitrogens with one attached hydrogen (secondary N) is 2. The van der Waals surface area contributed by atoms with Crippen LogP contribution >= 0.6 is 11.6 Å². The highest BCUT2D eigenvalue weighted by Crippen LogP contribution is 2.25. The van der Waals surface area contributed by atoms with Crippen molar-refractivity contribution in [3.05, 3.63) is 64.7 Å². The highest BCUT2D eigenvalue weighted by Gasteiger charge is 2.07. The molecule has 130 valence electrons. The molecule has 0 aliphatic heterocycles. The van der Waals surface area contributed by atoms with Crippen LogP contribution in [0.25, 0.3) is 6.08 Å². The van der Waals surface area contributed by atoms with Crippen LogP contribution in [-0.4, -0.2) is 26.0 Å². The minimum atomic E-state index is -0.492. The van der Waals surface area contributed by atoms with Gasteiger partial charge in [0.2, 0.25) is 0 Å². The van der Waals surface area contributed by atoms with Crippen LogP contribution in [0, 0.1) is 0 Å². The first kappa shape index (κ1) is 18.4. The first-order valence-corrected chi connectivity index (χ1v) is 7.67. The Kier molecular flexibility index (Phi) is 6.42. The Balaban J connectivity index is 1.96. The molecule has 0 radical (unpaired) electrons. The Morgan fingerprint density at radius 1 is 1.04 bits per heavy atom. The molecule has 2 aromatic rings. The zero-order chi connectivity index (χ0) is 18.2. The maximum Gasteiger partial charge on any atom is 0.269 e. The second-order valence-corrected chi connectivity index (χ2v) is 5.33. The van der Waals surface area contributed by atoms with E-state index in [1.54, 1.807) is 49.6 Å². The molecule has 0 spiro atoms. The lowest BCUT2D eigenvalue weighted by atomic mass is 10.1. The number of hydrogen-bond acceptors (Lipinski definition) is 4. The molecule has 0 bridgehead atoms. The molecule has 2 rings (SSSR count). The summed E-state index contributed by atoms with van der Waals surface area (Å²) in [6.07, 6.45) is 2.85. The van der Waals surface area contributed by atoms with Gasteiger partial charge < -0.3 is 9.47 Å². The molecule has 0 unspecified atom stereocenters. The molecule has 0 saturated heterocycles. The van der Waals surface area contributed by atoms with Crippen molar-refractivity contribution in [3.63, 3.8) is 0 Å². The molecule has 2 amide bonds. The van der Waals surface area contributed by atoms with E-state index in [2.05, 4.69) is 10.9 Å². The van der Waals surface area contributed by atoms with Gasteiger partial charge in [0.15, 0.2) is 0 Å². The summed E-state index contributed by atoms with van der Waals surface area (Å²) in [6, 6.07) is 11.6. The number of carbonyl (C=O) groups excluding carboxylic acids is 2. The van der Waals surface area contributed by atoms with Crippen molar-refractivity contribution in [3.8, 4) is 11.5 Å². The number of amides is 2. The van der Waals surface area contributed by atoms with Crippen LogP contribution in [0.5, 0.6) is 11.5 Å². The monoisotopic (exact) mass is 360 g/mol. The molecule has 6 nitrogen and oxygen atoms in total. The van der Waals surface area contributed by atoms with Gasteiger partial charge >= 0.3 is 0 Å². The lowest BCUT2D eigenvalue weighted by Crippen LogP contribution is -2.40. The van der Waals surface area contributed by atoms with Gasteiger partial charge in [-0.15, -0.1) is 0 Å². The molecule has 2 aromatic carbocycles. The lowest BCUT2D eigenvalue weighted by molar-refractivity contribution is -0.117. The summed E-state index contributed by atoms with van der Waals surface area (Å²) in [7, 11) is 3.08. The maximum absolute atomic E-state index is 11.9. The maximum atomic E-state index is 11.9. The van der Waals surface area contributed by atoms with Crippen molar-refractivity contribution in [1.82, 2.24) is 10.9 Å². The predicted molar refractivity (Wildman–Crippen MR) is 95.6 cm³/mol. The van der Waals surface area contributed by atoms with E-state index in [0.29, 0.717) is 27.6 Å². The van der Waals surface area contributed by atoms with Gasteiger partial charge in [-0.25, -0.2) is 0 Å². The zero-order valence-corrected chi connectivity index (χ0v) is 14.5. The third-order valence-electron chi connectivity index (χ3n) is 3.24. The normalized spacial score (nSPS) is 10.4. The third-order valence-corrected chi connectivity index (χ3v) is 3.48. The average Bonchev–Trinajstić information content (AvgIpc) is 2.64. The van der Waals surface area contributed by atoms with Gasteiger partial charge in [-0.3, -0.25) is 20.4 Å². The van der Waals surface area contributed by atoms with Crippen LogP contribution in [0.1, 0.15) is 15.9 Å². The molecule has 0 atom stereocenters. The van der Waals surface area contributed by atoms with Crippen molar-refractivity contribution in [2.75, 3.05) is 14.2 Å². The van der Waals surface area contributed by atoms with Gasteiger partial charge in [-0.05, 0) is 36.4 Å². The number of halogens is 1.